The lowest BCUT2D eigenvalue weighted by atomic mass is 9.98. The zero-order valence-electron chi connectivity index (χ0n) is 23.8. The Kier molecular flexibility index (Phi) is 8.55. The topological polar surface area (TPSA) is 99.0 Å². The zero-order valence-corrected chi connectivity index (χ0v) is 24.6. The van der Waals surface area contributed by atoms with Gasteiger partial charge in [-0.05, 0) is 63.3 Å². The molecule has 0 atom stereocenters. The van der Waals surface area contributed by atoms with Crippen LogP contribution in [0, 0.1) is 17.5 Å². The molecule has 0 saturated heterocycles. The molecule has 0 fully saturated rings. The quantitative estimate of drug-likeness (QED) is 0.288. The van der Waals surface area contributed by atoms with Crippen molar-refractivity contribution in [3.8, 4) is 22.8 Å². The van der Waals surface area contributed by atoms with E-state index >= 15 is 0 Å². The van der Waals surface area contributed by atoms with Crippen LogP contribution in [0.1, 0.15) is 62.7 Å². The number of nitrogens with one attached hydrogen (secondary N) is 1. The molecule has 4 aromatic rings. The van der Waals surface area contributed by atoms with Gasteiger partial charge in [0.25, 0.3) is 5.56 Å². The summed E-state index contributed by atoms with van der Waals surface area (Å²) >= 11 is 6.51. The van der Waals surface area contributed by atoms with Gasteiger partial charge in [-0.2, -0.15) is 0 Å². The monoisotopic (exact) mass is 611 g/mol. The summed E-state index contributed by atoms with van der Waals surface area (Å²) in [6.07, 6.45) is 6.32. The standard InChI is InChI=1S/C31H29ClF3N5O3/c1-17(41)39-31(2,3)29-21(34)9-10-23(38-29)24-13-26-18(14-36-24)7-5-4-6-8-20-12-27(28(32)30(42)40(20)26)43-16-25-22(35)11-19(33)15-37-25/h9-15H,4-8,16H2,1-3H3,(H,39,41). The maximum Gasteiger partial charge on any atom is 0.277 e. The number of carbonyl (C=O) groups excluding carboxylic acids is 1. The van der Waals surface area contributed by atoms with Gasteiger partial charge in [-0.1, -0.05) is 18.0 Å². The second-order valence-electron chi connectivity index (χ2n) is 10.9. The van der Waals surface area contributed by atoms with Gasteiger partial charge in [0.2, 0.25) is 5.91 Å². The van der Waals surface area contributed by atoms with Crippen molar-refractivity contribution in [2.24, 2.45) is 0 Å². The first kappa shape index (κ1) is 30.2. The molecule has 0 bridgehead atoms. The number of nitrogens with zero attached hydrogens (tertiary/aromatic N) is 4. The molecule has 0 unspecified atom stereocenters. The number of amides is 1. The third-order valence-corrected chi connectivity index (χ3v) is 7.56. The fraction of sp³-hybridized carbons (Fsp3) is 0.323. The maximum absolute atomic E-state index is 14.8. The predicted octanol–water partition coefficient (Wildman–Crippen LogP) is 5.98. The maximum atomic E-state index is 14.8. The third-order valence-electron chi connectivity index (χ3n) is 7.21. The highest BCUT2D eigenvalue weighted by Gasteiger charge is 2.28. The van der Waals surface area contributed by atoms with Gasteiger partial charge in [-0.15, -0.1) is 0 Å². The van der Waals surface area contributed by atoms with E-state index in [1.165, 1.54) is 23.6 Å². The van der Waals surface area contributed by atoms with E-state index in [-0.39, 0.29) is 34.7 Å². The molecule has 8 nitrogen and oxygen atoms in total. The number of rotatable bonds is 6. The van der Waals surface area contributed by atoms with Crippen molar-refractivity contribution in [1.82, 2.24) is 24.8 Å². The molecule has 0 spiro atoms. The lowest BCUT2D eigenvalue weighted by Crippen LogP contribution is -2.41. The van der Waals surface area contributed by atoms with Gasteiger partial charge in [0.1, 0.15) is 40.4 Å². The molecule has 5 heterocycles. The van der Waals surface area contributed by atoms with Crippen LogP contribution in [0.5, 0.6) is 5.75 Å². The lowest BCUT2D eigenvalue weighted by Gasteiger charge is -2.26. The summed E-state index contributed by atoms with van der Waals surface area (Å²) in [7, 11) is 0. The molecular weight excluding hydrogens is 583 g/mol. The smallest absolute Gasteiger partial charge is 0.277 e. The number of hydrogen-bond donors (Lipinski definition) is 1. The molecule has 4 aromatic heterocycles. The number of aromatic nitrogens is 4. The van der Waals surface area contributed by atoms with Crippen molar-refractivity contribution in [2.45, 2.75) is 65.0 Å². The van der Waals surface area contributed by atoms with Gasteiger partial charge in [0.05, 0.1) is 28.8 Å². The molecule has 0 aliphatic carbocycles. The van der Waals surface area contributed by atoms with Gasteiger partial charge in [-0.25, -0.2) is 18.2 Å². The van der Waals surface area contributed by atoms with Gasteiger partial charge in [0, 0.05) is 30.9 Å². The molecule has 0 saturated carbocycles. The fourth-order valence-electron chi connectivity index (χ4n) is 5.20. The zero-order chi connectivity index (χ0) is 30.9. The predicted molar refractivity (Wildman–Crippen MR) is 155 cm³/mol. The van der Waals surface area contributed by atoms with E-state index in [4.69, 9.17) is 16.3 Å². The molecule has 43 heavy (non-hydrogen) atoms. The third kappa shape index (κ3) is 6.41. The van der Waals surface area contributed by atoms with E-state index in [0.717, 1.165) is 31.0 Å². The number of ether oxygens (including phenoxy) is 1. The number of carbonyl (C=O) groups is 1. The normalized spacial score (nSPS) is 13.3. The largest absolute Gasteiger partial charge is 0.485 e. The molecule has 1 N–H and O–H groups in total. The molecule has 1 aliphatic heterocycles. The van der Waals surface area contributed by atoms with Crippen molar-refractivity contribution in [3.63, 3.8) is 0 Å². The summed E-state index contributed by atoms with van der Waals surface area (Å²) in [4.78, 5) is 38.3. The molecule has 1 amide bonds. The molecule has 0 aromatic carbocycles. The number of fused-ring (bicyclic) bond motifs is 3. The first-order valence-electron chi connectivity index (χ1n) is 13.8. The average molecular weight is 612 g/mol. The van der Waals surface area contributed by atoms with Crippen LogP contribution in [-0.2, 0) is 29.8 Å². The summed E-state index contributed by atoms with van der Waals surface area (Å²) in [5, 5.41) is 2.50. The summed E-state index contributed by atoms with van der Waals surface area (Å²) in [5.74, 6) is -2.54. The summed E-state index contributed by atoms with van der Waals surface area (Å²) in [5.41, 5.74) is 1.02. The van der Waals surface area contributed by atoms with Crippen LogP contribution in [-0.4, -0.2) is 25.4 Å². The van der Waals surface area contributed by atoms with Crippen LogP contribution in [0.4, 0.5) is 13.2 Å². The van der Waals surface area contributed by atoms with Gasteiger partial charge in [0.15, 0.2) is 5.82 Å². The van der Waals surface area contributed by atoms with Crippen molar-refractivity contribution in [2.75, 3.05) is 0 Å². The van der Waals surface area contributed by atoms with Crippen LogP contribution >= 0.6 is 11.6 Å². The van der Waals surface area contributed by atoms with Gasteiger partial charge < -0.3 is 10.1 Å². The fourth-order valence-corrected chi connectivity index (χ4v) is 5.39. The van der Waals surface area contributed by atoms with Crippen LogP contribution in [0.15, 0.2) is 47.5 Å². The van der Waals surface area contributed by atoms with Crippen LogP contribution in [0.3, 0.4) is 0 Å². The number of hydrogen-bond acceptors (Lipinski definition) is 6. The first-order valence-corrected chi connectivity index (χ1v) is 14.1. The van der Waals surface area contributed by atoms with Gasteiger partial charge in [-0.3, -0.25) is 24.1 Å². The Morgan fingerprint density at radius 1 is 1.02 bits per heavy atom. The molecule has 224 valence electrons. The van der Waals surface area contributed by atoms with Crippen molar-refractivity contribution in [1.29, 1.82) is 0 Å². The highest BCUT2D eigenvalue weighted by atomic mass is 35.5. The number of aryl methyl sites for hydroxylation is 2. The highest BCUT2D eigenvalue weighted by Crippen LogP contribution is 2.31. The number of pyridine rings is 4. The van der Waals surface area contributed by atoms with E-state index < -0.39 is 28.5 Å². The Morgan fingerprint density at radius 2 is 1.79 bits per heavy atom. The van der Waals surface area contributed by atoms with E-state index in [1.54, 1.807) is 32.2 Å². The van der Waals surface area contributed by atoms with Crippen LogP contribution < -0.4 is 15.6 Å². The van der Waals surface area contributed by atoms with E-state index in [1.807, 2.05) is 0 Å². The molecular formula is C31H29ClF3N5O3. The van der Waals surface area contributed by atoms with E-state index in [9.17, 15) is 22.8 Å². The van der Waals surface area contributed by atoms with Crippen molar-refractivity contribution >= 4 is 17.5 Å². The Bertz CT molecular complexity index is 1780. The number of halogens is 4. The minimum atomic E-state index is -1.09. The molecule has 0 radical (unpaired) electrons. The van der Waals surface area contributed by atoms with E-state index in [0.29, 0.717) is 41.7 Å². The molecule has 12 heteroatoms. The summed E-state index contributed by atoms with van der Waals surface area (Å²) < 4.78 is 49.5. The lowest BCUT2D eigenvalue weighted by molar-refractivity contribution is -0.120. The Hall–Kier alpha value is -4.25. The van der Waals surface area contributed by atoms with Crippen LogP contribution in [0.25, 0.3) is 17.1 Å². The molecule has 1 aliphatic rings. The summed E-state index contributed by atoms with van der Waals surface area (Å²) in [6.45, 7) is 4.29. The van der Waals surface area contributed by atoms with Crippen molar-refractivity contribution < 1.29 is 22.7 Å². The Labute approximate surface area is 250 Å². The minimum absolute atomic E-state index is 0.0417. The second-order valence-corrected chi connectivity index (χ2v) is 11.3. The Balaban J connectivity index is 1.58. The minimum Gasteiger partial charge on any atom is -0.485 e. The highest BCUT2D eigenvalue weighted by molar-refractivity contribution is 6.31. The molecule has 5 rings (SSSR count). The first-order chi connectivity index (χ1) is 20.4. The Morgan fingerprint density at radius 3 is 2.53 bits per heavy atom. The second kappa shape index (κ2) is 12.2. The van der Waals surface area contributed by atoms with Crippen LogP contribution in [0.2, 0.25) is 5.02 Å². The van der Waals surface area contributed by atoms with Crippen molar-refractivity contribution in [3.05, 3.63) is 98.2 Å². The van der Waals surface area contributed by atoms with E-state index in [2.05, 4.69) is 20.3 Å². The SMILES string of the molecule is CC(=O)NC(C)(C)c1nc(-c2cc3c(cn2)CCCCCc2cc(OCc4ncc(F)cc4F)c(Cl)c(=O)n2-3)ccc1F. The van der Waals surface area contributed by atoms with Gasteiger partial charge >= 0.3 is 0 Å². The summed E-state index contributed by atoms with van der Waals surface area (Å²) in [6, 6.07) is 6.82. The average Bonchev–Trinajstić information content (AvgIpc) is 3.03.